The Bertz CT molecular complexity index is 1770. The van der Waals surface area contributed by atoms with Gasteiger partial charge in [-0.1, -0.05) is 11.6 Å². The van der Waals surface area contributed by atoms with Gasteiger partial charge in [-0.2, -0.15) is 0 Å². The predicted molar refractivity (Wildman–Crippen MR) is 159 cm³/mol. The number of hydrogen-bond donors (Lipinski definition) is 3. The second-order valence-electron chi connectivity index (χ2n) is 9.64. The van der Waals surface area contributed by atoms with E-state index in [9.17, 15) is 18.0 Å². The summed E-state index contributed by atoms with van der Waals surface area (Å²) < 4.78 is 43.0. The number of aromatic nitrogens is 2. The van der Waals surface area contributed by atoms with Crippen molar-refractivity contribution in [3.8, 4) is 5.69 Å². The van der Waals surface area contributed by atoms with Crippen LogP contribution in [0.5, 0.6) is 0 Å². The minimum absolute atomic E-state index is 0.0111. The zero-order valence-corrected chi connectivity index (χ0v) is 24.5. The highest BCUT2D eigenvalue weighted by molar-refractivity contribution is 7.92. The van der Waals surface area contributed by atoms with Crippen molar-refractivity contribution in [2.75, 3.05) is 36.8 Å². The van der Waals surface area contributed by atoms with Gasteiger partial charge in [-0.05, 0) is 94.4 Å². The van der Waals surface area contributed by atoms with Gasteiger partial charge in [-0.25, -0.2) is 27.3 Å². The third-order valence-corrected chi connectivity index (χ3v) is 9.76. The minimum atomic E-state index is -4.15. The van der Waals surface area contributed by atoms with Crippen molar-refractivity contribution in [2.45, 2.75) is 30.4 Å². The molecule has 4 aromatic rings. The van der Waals surface area contributed by atoms with E-state index in [4.69, 9.17) is 11.6 Å². The van der Waals surface area contributed by atoms with Crippen LogP contribution in [0.3, 0.4) is 0 Å². The fourth-order valence-corrected chi connectivity index (χ4v) is 7.16. The molecule has 2 aromatic heterocycles. The number of hydrogen-bond acceptors (Lipinski definition) is 8. The Morgan fingerprint density at radius 2 is 1.85 bits per heavy atom. The monoisotopic (exact) mass is 618 g/mol. The fraction of sp³-hybridized carbons (Fsp3) is 0.296. The lowest BCUT2D eigenvalue weighted by atomic mass is 10.2. The lowest BCUT2D eigenvalue weighted by molar-refractivity contribution is 0.256. The Morgan fingerprint density at radius 1 is 1.10 bits per heavy atom. The number of sulfonamides is 1. The van der Waals surface area contributed by atoms with Gasteiger partial charge in [0.25, 0.3) is 15.6 Å². The number of aryl methyl sites for hydroxylation is 1. The SMILES string of the molecule is Cc1nc2cc(NCCCN3CCCC3)ccc2c(=O)n1-c1ccc(NC(=O)NS(=O)(=O)c2ccc(Cl)s2)cc1F. The van der Waals surface area contributed by atoms with Gasteiger partial charge in [-0.15, -0.1) is 11.3 Å². The van der Waals surface area contributed by atoms with Crippen LogP contribution in [0, 0.1) is 12.7 Å². The average molecular weight is 619 g/mol. The maximum Gasteiger partial charge on any atom is 0.333 e. The number of carbonyl (C=O) groups excluding carboxylic acids is 1. The highest BCUT2D eigenvalue weighted by Gasteiger charge is 2.21. The van der Waals surface area contributed by atoms with Crippen LogP contribution in [0.1, 0.15) is 25.1 Å². The first-order valence-electron chi connectivity index (χ1n) is 13.0. The molecule has 3 heterocycles. The summed E-state index contributed by atoms with van der Waals surface area (Å²) in [7, 11) is -4.15. The van der Waals surface area contributed by atoms with Crippen molar-refractivity contribution in [1.29, 1.82) is 0 Å². The van der Waals surface area contributed by atoms with E-state index in [1.54, 1.807) is 19.1 Å². The van der Waals surface area contributed by atoms with Crippen molar-refractivity contribution in [3.05, 3.63) is 74.9 Å². The Balaban J connectivity index is 1.29. The van der Waals surface area contributed by atoms with Gasteiger partial charge in [-0.3, -0.25) is 9.36 Å². The number of benzene rings is 2. The largest absolute Gasteiger partial charge is 0.385 e. The molecular formula is C27H28ClFN6O4S2. The molecule has 216 valence electrons. The third-order valence-electron chi connectivity index (χ3n) is 6.70. The van der Waals surface area contributed by atoms with Crippen LogP contribution < -0.4 is 20.9 Å². The maximum absolute atomic E-state index is 15.2. The molecule has 10 nitrogen and oxygen atoms in total. The normalized spacial score (nSPS) is 13.9. The van der Waals surface area contributed by atoms with Crippen molar-refractivity contribution < 1.29 is 17.6 Å². The number of nitrogens with one attached hydrogen (secondary N) is 3. The number of urea groups is 1. The summed E-state index contributed by atoms with van der Waals surface area (Å²) >= 11 is 6.56. The molecule has 0 atom stereocenters. The first-order chi connectivity index (χ1) is 19.6. The average Bonchev–Trinajstić information content (AvgIpc) is 3.59. The lowest BCUT2D eigenvalue weighted by Crippen LogP contribution is -2.34. The Morgan fingerprint density at radius 3 is 2.56 bits per heavy atom. The zero-order chi connectivity index (χ0) is 29.1. The van der Waals surface area contributed by atoms with Crippen LogP contribution in [0.15, 0.2) is 57.5 Å². The molecule has 14 heteroatoms. The maximum atomic E-state index is 15.2. The first kappa shape index (κ1) is 29.0. The number of likely N-dealkylation sites (tertiary alicyclic amines) is 1. The van der Waals surface area contributed by atoms with Gasteiger partial charge < -0.3 is 15.5 Å². The smallest absolute Gasteiger partial charge is 0.333 e. The van der Waals surface area contributed by atoms with E-state index in [1.165, 1.54) is 37.1 Å². The van der Waals surface area contributed by atoms with Gasteiger partial charge >= 0.3 is 6.03 Å². The van der Waals surface area contributed by atoms with Crippen molar-refractivity contribution in [1.82, 2.24) is 19.2 Å². The molecule has 0 saturated carbocycles. The molecule has 2 aromatic carbocycles. The quantitative estimate of drug-likeness (QED) is 0.227. The van der Waals surface area contributed by atoms with E-state index in [0.717, 1.165) is 60.3 Å². The molecule has 2 amide bonds. The van der Waals surface area contributed by atoms with E-state index in [0.29, 0.717) is 10.9 Å². The molecule has 1 fully saturated rings. The number of nitrogens with zero attached hydrogens (tertiary/aromatic N) is 3. The first-order valence-corrected chi connectivity index (χ1v) is 15.7. The number of rotatable bonds is 9. The number of fused-ring (bicyclic) bond motifs is 1. The number of halogens is 2. The van der Waals surface area contributed by atoms with Gasteiger partial charge in [0.1, 0.15) is 15.9 Å². The molecule has 1 aliphatic heterocycles. The molecule has 0 aliphatic carbocycles. The highest BCUT2D eigenvalue weighted by Crippen LogP contribution is 2.26. The van der Waals surface area contributed by atoms with E-state index in [1.807, 2.05) is 10.8 Å². The van der Waals surface area contributed by atoms with E-state index in [2.05, 4.69) is 20.5 Å². The highest BCUT2D eigenvalue weighted by atomic mass is 35.5. The van der Waals surface area contributed by atoms with Crippen LogP contribution >= 0.6 is 22.9 Å². The summed E-state index contributed by atoms with van der Waals surface area (Å²) in [6.45, 7) is 5.79. The van der Waals surface area contributed by atoms with Crippen LogP contribution in [0.4, 0.5) is 20.6 Å². The molecule has 0 radical (unpaired) electrons. The molecule has 1 aliphatic rings. The van der Waals surface area contributed by atoms with Gasteiger partial charge in [0.05, 0.1) is 20.9 Å². The second kappa shape index (κ2) is 12.1. The molecule has 5 rings (SSSR count). The van der Waals surface area contributed by atoms with Crippen molar-refractivity contribution in [2.24, 2.45) is 0 Å². The number of carbonyl (C=O) groups is 1. The minimum Gasteiger partial charge on any atom is -0.385 e. The van der Waals surface area contributed by atoms with Crippen LogP contribution in [0.2, 0.25) is 4.34 Å². The molecule has 0 spiro atoms. The van der Waals surface area contributed by atoms with Crippen LogP contribution in [-0.4, -0.2) is 55.1 Å². The van der Waals surface area contributed by atoms with E-state index < -0.39 is 27.4 Å². The summed E-state index contributed by atoms with van der Waals surface area (Å²) in [5, 5.41) is 6.00. The van der Waals surface area contributed by atoms with Crippen LogP contribution in [-0.2, 0) is 10.0 Å². The van der Waals surface area contributed by atoms with Crippen molar-refractivity contribution in [3.63, 3.8) is 0 Å². The zero-order valence-electron chi connectivity index (χ0n) is 22.1. The summed E-state index contributed by atoms with van der Waals surface area (Å²) in [6, 6.07) is 10.5. The van der Waals surface area contributed by atoms with Gasteiger partial charge in [0, 0.05) is 17.9 Å². The molecule has 0 bridgehead atoms. The van der Waals surface area contributed by atoms with Gasteiger partial charge in [0.15, 0.2) is 0 Å². The summed E-state index contributed by atoms with van der Waals surface area (Å²) in [4.78, 5) is 32.6. The molecule has 3 N–H and O–H groups in total. The summed E-state index contributed by atoms with van der Waals surface area (Å²) in [6.07, 6.45) is 3.54. The molecule has 41 heavy (non-hydrogen) atoms. The Labute approximate surface area is 245 Å². The van der Waals surface area contributed by atoms with E-state index >= 15 is 4.39 Å². The Hall–Kier alpha value is -3.52. The Kier molecular flexibility index (Phi) is 8.59. The van der Waals surface area contributed by atoms with Gasteiger partial charge in [0.2, 0.25) is 0 Å². The van der Waals surface area contributed by atoms with Crippen molar-refractivity contribution >= 4 is 61.3 Å². The standard InChI is InChI=1S/C27H28ClFN6O4S2/c1-17-31-22-16-18(30-11-4-14-34-12-2-3-13-34)5-7-20(22)26(36)35(17)23-8-6-19(15-21(23)29)32-27(37)33-41(38,39)25-10-9-24(28)40-25/h5-10,15-16,30H,2-4,11-14H2,1H3,(H2,32,33,37). The second-order valence-corrected chi connectivity index (χ2v) is 13.3. The lowest BCUT2D eigenvalue weighted by Gasteiger charge is -2.15. The fourth-order valence-electron chi connectivity index (χ4n) is 4.77. The number of thiophene rings is 1. The van der Waals surface area contributed by atoms with E-state index in [-0.39, 0.29) is 25.7 Å². The molecule has 0 unspecified atom stereocenters. The topological polar surface area (TPSA) is 125 Å². The number of anilines is 2. The molecular weight excluding hydrogens is 591 g/mol. The molecule has 1 saturated heterocycles. The summed E-state index contributed by atoms with van der Waals surface area (Å²) in [5.41, 5.74) is 0.843. The van der Waals surface area contributed by atoms with Crippen LogP contribution in [0.25, 0.3) is 16.6 Å². The number of amides is 2. The predicted octanol–water partition coefficient (Wildman–Crippen LogP) is 4.96. The summed E-state index contributed by atoms with van der Waals surface area (Å²) in [5.74, 6) is -0.523. The third kappa shape index (κ3) is 6.70.